The van der Waals surface area contributed by atoms with Gasteiger partial charge in [-0.25, -0.2) is 0 Å². The van der Waals surface area contributed by atoms with Gasteiger partial charge in [0.2, 0.25) is 11.8 Å². The van der Waals surface area contributed by atoms with Crippen molar-refractivity contribution in [3.05, 3.63) is 52.6 Å². The summed E-state index contributed by atoms with van der Waals surface area (Å²) in [6.45, 7) is 9.98. The highest BCUT2D eigenvalue weighted by Crippen LogP contribution is 2.24. The number of carbonyl (C=O) groups is 2. The Bertz CT molecular complexity index is 805. The number of amides is 2. The van der Waals surface area contributed by atoms with E-state index in [0.29, 0.717) is 17.8 Å². The molecule has 5 nitrogen and oxygen atoms in total. The van der Waals surface area contributed by atoms with Crippen LogP contribution in [0.4, 0.5) is 17.1 Å². The van der Waals surface area contributed by atoms with Crippen LogP contribution in [0.25, 0.3) is 0 Å². The molecule has 0 aliphatic heterocycles. The highest BCUT2D eigenvalue weighted by atomic mass is 16.2. The monoisotopic (exact) mass is 353 g/mol. The molecule has 3 N–H and O–H groups in total. The molecule has 2 rings (SSSR count). The average molecular weight is 353 g/mol. The van der Waals surface area contributed by atoms with Crippen molar-refractivity contribution < 1.29 is 9.59 Å². The van der Waals surface area contributed by atoms with Crippen molar-refractivity contribution in [3.8, 4) is 0 Å². The van der Waals surface area contributed by atoms with Gasteiger partial charge < -0.3 is 16.0 Å². The third-order valence-corrected chi connectivity index (χ3v) is 4.31. The lowest BCUT2D eigenvalue weighted by molar-refractivity contribution is -0.116. The summed E-state index contributed by atoms with van der Waals surface area (Å²) in [7, 11) is 0. The molecule has 0 fully saturated rings. The topological polar surface area (TPSA) is 70.2 Å². The lowest BCUT2D eigenvalue weighted by atomic mass is 10.1. The van der Waals surface area contributed by atoms with Crippen molar-refractivity contribution >= 4 is 28.9 Å². The zero-order chi connectivity index (χ0) is 19.3. The largest absolute Gasteiger partial charge is 0.376 e. The molecule has 0 atom stereocenters. The zero-order valence-electron chi connectivity index (χ0n) is 16.1. The number of rotatable bonds is 6. The minimum atomic E-state index is -0.133. The number of nitrogens with one attached hydrogen (secondary N) is 3. The number of carbonyl (C=O) groups excluding carboxylic acids is 2. The van der Waals surface area contributed by atoms with E-state index in [1.54, 1.807) is 6.92 Å². The van der Waals surface area contributed by atoms with Gasteiger partial charge in [-0.1, -0.05) is 30.7 Å². The molecular formula is C21H27N3O2. The van der Waals surface area contributed by atoms with E-state index in [2.05, 4.69) is 35.0 Å². The maximum absolute atomic E-state index is 12.4. The zero-order valence-corrected chi connectivity index (χ0v) is 16.1. The molecule has 2 amide bonds. The molecule has 0 aliphatic carbocycles. The Balaban J connectivity index is 2.05. The third kappa shape index (κ3) is 4.85. The lowest BCUT2D eigenvalue weighted by Gasteiger charge is -2.15. The van der Waals surface area contributed by atoms with E-state index in [-0.39, 0.29) is 18.4 Å². The van der Waals surface area contributed by atoms with Crippen molar-refractivity contribution in [2.45, 2.75) is 41.0 Å². The van der Waals surface area contributed by atoms with Crippen LogP contribution in [0.1, 0.15) is 35.6 Å². The lowest BCUT2D eigenvalue weighted by Crippen LogP contribution is -2.23. The Hall–Kier alpha value is -2.82. The summed E-state index contributed by atoms with van der Waals surface area (Å²) in [5, 5.41) is 8.98. The average Bonchev–Trinajstić information content (AvgIpc) is 2.57. The van der Waals surface area contributed by atoms with E-state index >= 15 is 0 Å². The first-order valence-electron chi connectivity index (χ1n) is 8.82. The summed E-state index contributed by atoms with van der Waals surface area (Å²) in [5.41, 5.74) is 6.69. The highest BCUT2D eigenvalue weighted by molar-refractivity contribution is 5.97. The van der Waals surface area contributed by atoms with Crippen LogP contribution in [0.3, 0.4) is 0 Å². The molecule has 0 unspecified atom stereocenters. The van der Waals surface area contributed by atoms with Crippen molar-refractivity contribution in [1.29, 1.82) is 0 Å². The summed E-state index contributed by atoms with van der Waals surface area (Å²) in [5.74, 6) is -0.185. The molecule has 0 saturated carbocycles. The van der Waals surface area contributed by atoms with Crippen LogP contribution in [-0.2, 0) is 9.59 Å². The fourth-order valence-electron chi connectivity index (χ4n) is 2.97. The molecule has 5 heteroatoms. The van der Waals surface area contributed by atoms with Gasteiger partial charge in [-0.15, -0.1) is 0 Å². The van der Waals surface area contributed by atoms with Gasteiger partial charge in [0.25, 0.3) is 0 Å². The van der Waals surface area contributed by atoms with Gasteiger partial charge in [-0.3, -0.25) is 9.59 Å². The van der Waals surface area contributed by atoms with Gasteiger partial charge >= 0.3 is 0 Å². The van der Waals surface area contributed by atoms with Crippen molar-refractivity contribution in [2.24, 2.45) is 0 Å². The van der Waals surface area contributed by atoms with Gasteiger partial charge in [0.05, 0.1) is 6.54 Å². The number of hydrogen-bond donors (Lipinski definition) is 3. The van der Waals surface area contributed by atoms with Crippen molar-refractivity contribution in [2.75, 3.05) is 22.5 Å². The van der Waals surface area contributed by atoms with E-state index in [1.165, 1.54) is 5.56 Å². The Morgan fingerprint density at radius 3 is 1.96 bits per heavy atom. The molecule has 0 aromatic heterocycles. The predicted octanol–water partition coefficient (Wildman–Crippen LogP) is 4.32. The SMILES string of the molecule is CCC(=O)Nc1cccc(NC(=O)CNc2c(C)cc(C)cc2C)c1C. The Kier molecular flexibility index (Phi) is 6.39. The van der Waals surface area contributed by atoms with E-state index < -0.39 is 0 Å². The first-order valence-corrected chi connectivity index (χ1v) is 8.82. The van der Waals surface area contributed by atoms with E-state index in [4.69, 9.17) is 0 Å². The van der Waals surface area contributed by atoms with Crippen molar-refractivity contribution in [3.63, 3.8) is 0 Å². The van der Waals surface area contributed by atoms with Crippen LogP contribution >= 0.6 is 0 Å². The van der Waals surface area contributed by atoms with Crippen LogP contribution in [-0.4, -0.2) is 18.4 Å². The van der Waals surface area contributed by atoms with Crippen LogP contribution in [0.15, 0.2) is 30.3 Å². The van der Waals surface area contributed by atoms with Gasteiger partial charge in [0, 0.05) is 23.5 Å². The minimum Gasteiger partial charge on any atom is -0.376 e. The summed E-state index contributed by atoms with van der Waals surface area (Å²) < 4.78 is 0. The summed E-state index contributed by atoms with van der Waals surface area (Å²) in [4.78, 5) is 24.0. The fraction of sp³-hybridized carbons (Fsp3) is 0.333. The molecule has 0 spiro atoms. The van der Waals surface area contributed by atoms with Crippen LogP contribution in [0.5, 0.6) is 0 Å². The maximum Gasteiger partial charge on any atom is 0.243 e. The summed E-state index contributed by atoms with van der Waals surface area (Å²) in [6, 6.07) is 9.66. The highest BCUT2D eigenvalue weighted by Gasteiger charge is 2.10. The predicted molar refractivity (Wildman–Crippen MR) is 108 cm³/mol. The Morgan fingerprint density at radius 1 is 0.885 bits per heavy atom. The molecule has 0 heterocycles. The Labute approximate surface area is 155 Å². The first kappa shape index (κ1) is 19.5. The molecule has 0 saturated heterocycles. The molecule has 2 aromatic rings. The van der Waals surface area contributed by atoms with E-state index in [9.17, 15) is 9.59 Å². The molecule has 26 heavy (non-hydrogen) atoms. The third-order valence-electron chi connectivity index (χ3n) is 4.31. The van der Waals surface area contributed by atoms with Crippen LogP contribution < -0.4 is 16.0 Å². The quantitative estimate of drug-likeness (QED) is 0.724. The van der Waals surface area contributed by atoms with Gasteiger partial charge in [-0.05, 0) is 56.5 Å². The molecule has 0 bridgehead atoms. The van der Waals surface area contributed by atoms with Crippen LogP contribution in [0.2, 0.25) is 0 Å². The second-order valence-electron chi connectivity index (χ2n) is 6.56. The molecule has 0 aliphatic rings. The van der Waals surface area contributed by atoms with E-state index in [0.717, 1.165) is 22.4 Å². The molecule has 2 aromatic carbocycles. The smallest absolute Gasteiger partial charge is 0.243 e. The second-order valence-corrected chi connectivity index (χ2v) is 6.56. The summed E-state index contributed by atoms with van der Waals surface area (Å²) in [6.07, 6.45) is 0.412. The standard InChI is InChI=1S/C21H27N3O2/c1-6-19(25)23-17-8-7-9-18(16(17)5)24-20(26)12-22-21-14(3)10-13(2)11-15(21)4/h7-11,22H,6,12H2,1-5H3,(H,23,25)(H,24,26). The second kappa shape index (κ2) is 8.52. The Morgan fingerprint density at radius 2 is 1.42 bits per heavy atom. The number of hydrogen-bond acceptors (Lipinski definition) is 3. The number of anilines is 3. The fourth-order valence-corrected chi connectivity index (χ4v) is 2.97. The minimum absolute atomic E-state index is 0.0523. The molecule has 0 radical (unpaired) electrons. The van der Waals surface area contributed by atoms with Crippen molar-refractivity contribution in [1.82, 2.24) is 0 Å². The van der Waals surface area contributed by atoms with E-state index in [1.807, 2.05) is 39.0 Å². The summed E-state index contributed by atoms with van der Waals surface area (Å²) >= 11 is 0. The van der Waals surface area contributed by atoms with Gasteiger partial charge in [0.1, 0.15) is 0 Å². The van der Waals surface area contributed by atoms with Crippen LogP contribution in [0, 0.1) is 27.7 Å². The molecular weight excluding hydrogens is 326 g/mol. The van der Waals surface area contributed by atoms with Gasteiger partial charge in [-0.2, -0.15) is 0 Å². The van der Waals surface area contributed by atoms with Gasteiger partial charge in [0.15, 0.2) is 0 Å². The number of aryl methyl sites for hydroxylation is 3. The molecule has 138 valence electrons. The number of benzene rings is 2. The maximum atomic E-state index is 12.4. The first-order chi connectivity index (χ1) is 12.3. The normalized spacial score (nSPS) is 10.3.